The summed E-state index contributed by atoms with van der Waals surface area (Å²) in [5, 5.41) is 18.2. The van der Waals surface area contributed by atoms with E-state index in [1.807, 2.05) is 6.07 Å². The fourth-order valence-electron chi connectivity index (χ4n) is 1.19. The summed E-state index contributed by atoms with van der Waals surface area (Å²) < 4.78 is 0. The van der Waals surface area contributed by atoms with Gasteiger partial charge in [0.15, 0.2) is 0 Å². The summed E-state index contributed by atoms with van der Waals surface area (Å²) in [5.74, 6) is 0. The van der Waals surface area contributed by atoms with Gasteiger partial charge in [0.1, 0.15) is 16.8 Å². The van der Waals surface area contributed by atoms with Crippen molar-refractivity contribution >= 4 is 11.8 Å². The van der Waals surface area contributed by atoms with Crippen molar-refractivity contribution in [3.8, 4) is 12.1 Å². The van der Waals surface area contributed by atoms with Crippen LogP contribution in [-0.4, -0.2) is 9.97 Å². The minimum Gasteiger partial charge on any atom is -0.250 e. The molecule has 2 aromatic rings. The van der Waals surface area contributed by atoms with Gasteiger partial charge in [0.05, 0.1) is 11.6 Å². The van der Waals surface area contributed by atoms with Gasteiger partial charge in [-0.3, -0.25) is 0 Å². The van der Waals surface area contributed by atoms with Gasteiger partial charge in [0, 0.05) is 17.3 Å². The number of pyridine rings is 2. The molecule has 0 amide bonds. The largest absolute Gasteiger partial charge is 0.250 e. The fourth-order valence-corrected chi connectivity index (χ4v) is 2.03. The summed E-state index contributed by atoms with van der Waals surface area (Å²) in [5.41, 5.74) is 0.934. The first-order valence-electron chi connectivity index (χ1n) is 4.72. The third-order valence-corrected chi connectivity index (χ3v) is 2.85. The van der Waals surface area contributed by atoms with E-state index < -0.39 is 0 Å². The molecule has 0 radical (unpaired) electrons. The first-order valence-corrected chi connectivity index (χ1v) is 5.53. The predicted octanol–water partition coefficient (Wildman–Crippen LogP) is 2.37. The Hall–Kier alpha value is -2.37. The molecular weight excluding hydrogens is 232 g/mol. The summed E-state index contributed by atoms with van der Waals surface area (Å²) in [6.45, 7) is 0. The van der Waals surface area contributed by atoms with Crippen molar-refractivity contribution in [3.05, 3.63) is 47.9 Å². The Labute approximate surface area is 103 Å². The lowest BCUT2D eigenvalue weighted by Gasteiger charge is -2.00. The van der Waals surface area contributed by atoms with Crippen molar-refractivity contribution in [1.82, 2.24) is 9.97 Å². The van der Waals surface area contributed by atoms with Crippen LogP contribution in [0, 0.1) is 22.7 Å². The van der Waals surface area contributed by atoms with Gasteiger partial charge in [-0.05, 0) is 24.3 Å². The zero-order chi connectivity index (χ0) is 12.1. The smallest absolute Gasteiger partial charge is 0.141 e. The first kappa shape index (κ1) is 11.1. The zero-order valence-electron chi connectivity index (χ0n) is 8.66. The molecule has 0 saturated heterocycles. The zero-order valence-corrected chi connectivity index (χ0v) is 9.48. The van der Waals surface area contributed by atoms with Gasteiger partial charge >= 0.3 is 0 Å². The standard InChI is InChI=1S/C12H6N4S/c13-7-9-1-3-16-12(5-9)17-11-2-4-15-10(6-11)8-14/h1-6H. The molecule has 0 spiro atoms. The van der Waals surface area contributed by atoms with Crippen molar-refractivity contribution < 1.29 is 0 Å². The maximum absolute atomic E-state index is 8.77. The van der Waals surface area contributed by atoms with E-state index in [4.69, 9.17) is 10.5 Å². The topological polar surface area (TPSA) is 73.4 Å². The SMILES string of the molecule is N#Cc1ccnc(Sc2ccnc(C#N)c2)c1. The van der Waals surface area contributed by atoms with E-state index in [1.54, 1.807) is 36.7 Å². The number of hydrogen-bond acceptors (Lipinski definition) is 5. The molecule has 2 heterocycles. The minimum absolute atomic E-state index is 0.367. The summed E-state index contributed by atoms with van der Waals surface area (Å²) in [6.07, 6.45) is 3.17. The van der Waals surface area contributed by atoms with Crippen LogP contribution in [0.15, 0.2) is 46.6 Å². The molecule has 5 heteroatoms. The molecular formula is C12H6N4S. The van der Waals surface area contributed by atoms with Crippen LogP contribution in [0.3, 0.4) is 0 Å². The molecule has 0 fully saturated rings. The van der Waals surface area contributed by atoms with Crippen LogP contribution in [0.1, 0.15) is 11.3 Å². The van der Waals surface area contributed by atoms with E-state index in [1.165, 1.54) is 11.8 Å². The van der Waals surface area contributed by atoms with Crippen LogP contribution in [0.4, 0.5) is 0 Å². The molecule has 0 aliphatic carbocycles. The van der Waals surface area contributed by atoms with E-state index >= 15 is 0 Å². The molecule has 2 aromatic heterocycles. The molecule has 0 bridgehead atoms. The highest BCUT2D eigenvalue weighted by molar-refractivity contribution is 7.99. The number of hydrogen-bond donors (Lipinski definition) is 0. The Kier molecular flexibility index (Phi) is 3.34. The van der Waals surface area contributed by atoms with Gasteiger partial charge in [0.2, 0.25) is 0 Å². The maximum atomic E-state index is 8.77. The average molecular weight is 238 g/mol. The average Bonchev–Trinajstić information content (AvgIpc) is 2.39. The third-order valence-electron chi connectivity index (χ3n) is 1.93. The minimum atomic E-state index is 0.367. The van der Waals surface area contributed by atoms with E-state index in [0.717, 1.165) is 9.92 Å². The number of aromatic nitrogens is 2. The van der Waals surface area contributed by atoms with Crippen LogP contribution in [0.5, 0.6) is 0 Å². The summed E-state index contributed by atoms with van der Waals surface area (Å²) in [4.78, 5) is 8.91. The lowest BCUT2D eigenvalue weighted by Crippen LogP contribution is -1.84. The van der Waals surface area contributed by atoms with E-state index in [-0.39, 0.29) is 0 Å². The maximum Gasteiger partial charge on any atom is 0.141 e. The molecule has 0 saturated carbocycles. The van der Waals surface area contributed by atoms with Crippen molar-refractivity contribution in [3.63, 3.8) is 0 Å². The second kappa shape index (κ2) is 5.11. The Balaban J connectivity index is 2.26. The highest BCUT2D eigenvalue weighted by Crippen LogP contribution is 2.26. The summed E-state index contributed by atoms with van der Waals surface area (Å²) in [7, 11) is 0. The van der Waals surface area contributed by atoms with Crippen LogP contribution in [0.2, 0.25) is 0 Å². The predicted molar refractivity (Wildman–Crippen MR) is 62.0 cm³/mol. The van der Waals surface area contributed by atoms with E-state index in [2.05, 4.69) is 16.0 Å². The molecule has 0 unspecified atom stereocenters. The Bertz CT molecular complexity index is 569. The van der Waals surface area contributed by atoms with Crippen molar-refractivity contribution in [2.24, 2.45) is 0 Å². The molecule has 80 valence electrons. The first-order chi connectivity index (χ1) is 8.31. The number of nitrogens with zero attached hydrogens (tertiary/aromatic N) is 4. The lowest BCUT2D eigenvalue weighted by atomic mass is 10.3. The van der Waals surface area contributed by atoms with Crippen LogP contribution in [-0.2, 0) is 0 Å². The van der Waals surface area contributed by atoms with Crippen LogP contribution in [0.25, 0.3) is 0 Å². The quantitative estimate of drug-likeness (QED) is 0.803. The van der Waals surface area contributed by atoms with Gasteiger partial charge in [-0.2, -0.15) is 10.5 Å². The van der Waals surface area contributed by atoms with Crippen molar-refractivity contribution in [2.45, 2.75) is 9.92 Å². The summed E-state index contributed by atoms with van der Waals surface area (Å²) >= 11 is 1.39. The third kappa shape index (κ3) is 2.81. The normalized spacial score (nSPS) is 9.29. The van der Waals surface area contributed by atoms with Crippen molar-refractivity contribution in [1.29, 1.82) is 10.5 Å². The molecule has 4 nitrogen and oxygen atoms in total. The van der Waals surface area contributed by atoms with Gasteiger partial charge in [-0.1, -0.05) is 11.8 Å². The van der Waals surface area contributed by atoms with Gasteiger partial charge < -0.3 is 0 Å². The second-order valence-electron chi connectivity index (χ2n) is 3.09. The molecule has 2 rings (SSSR count). The number of rotatable bonds is 2. The molecule has 0 aliphatic rings. The molecule has 0 atom stereocenters. The van der Waals surface area contributed by atoms with E-state index in [0.29, 0.717) is 11.3 Å². The Morgan fingerprint density at radius 2 is 1.82 bits per heavy atom. The fraction of sp³-hybridized carbons (Fsp3) is 0. The monoisotopic (exact) mass is 238 g/mol. The molecule has 0 N–H and O–H groups in total. The Morgan fingerprint density at radius 1 is 1.00 bits per heavy atom. The lowest BCUT2D eigenvalue weighted by molar-refractivity contribution is 1.12. The van der Waals surface area contributed by atoms with Gasteiger partial charge in [0.25, 0.3) is 0 Å². The van der Waals surface area contributed by atoms with Gasteiger partial charge in [-0.25, -0.2) is 9.97 Å². The highest BCUT2D eigenvalue weighted by atomic mass is 32.2. The van der Waals surface area contributed by atoms with Crippen LogP contribution >= 0.6 is 11.8 Å². The van der Waals surface area contributed by atoms with Crippen molar-refractivity contribution in [2.75, 3.05) is 0 Å². The highest BCUT2D eigenvalue weighted by Gasteiger charge is 2.01. The molecule has 0 aromatic carbocycles. The molecule has 17 heavy (non-hydrogen) atoms. The molecule has 0 aliphatic heterocycles. The Morgan fingerprint density at radius 3 is 2.59 bits per heavy atom. The summed E-state index contributed by atoms with van der Waals surface area (Å²) in [6, 6.07) is 10.9. The second-order valence-corrected chi connectivity index (χ2v) is 4.18. The van der Waals surface area contributed by atoms with E-state index in [9.17, 15) is 0 Å². The number of nitriles is 2. The van der Waals surface area contributed by atoms with Gasteiger partial charge in [-0.15, -0.1) is 0 Å². The van der Waals surface area contributed by atoms with Crippen LogP contribution < -0.4 is 0 Å².